The van der Waals surface area contributed by atoms with Crippen LogP contribution >= 0.6 is 15.9 Å². The first-order valence-corrected chi connectivity index (χ1v) is 6.90. The molecule has 0 fully saturated rings. The minimum Gasteiger partial charge on any atom is -0.460 e. The van der Waals surface area contributed by atoms with Gasteiger partial charge in [0.2, 0.25) is 5.76 Å². The molecule has 0 bridgehead atoms. The summed E-state index contributed by atoms with van der Waals surface area (Å²) in [5.74, 6) is -1.41. The Labute approximate surface area is 129 Å². The molecule has 0 aliphatic rings. The van der Waals surface area contributed by atoms with E-state index in [1.807, 2.05) is 0 Å². The standard InChI is InChI=1S/C12H15BrN2O6/c1-12(2,3)20-9(17)5-4-7-10(13)11(21-14-7)8(16)6-15(18)19/h4-6H2,1-3H3. The smallest absolute Gasteiger partial charge is 0.306 e. The van der Waals surface area contributed by atoms with Gasteiger partial charge in [0.1, 0.15) is 5.60 Å². The third-order valence-electron chi connectivity index (χ3n) is 2.21. The van der Waals surface area contributed by atoms with Gasteiger partial charge in [-0.2, -0.15) is 0 Å². The van der Waals surface area contributed by atoms with E-state index in [9.17, 15) is 19.7 Å². The minimum absolute atomic E-state index is 0.0608. The summed E-state index contributed by atoms with van der Waals surface area (Å²) >= 11 is 3.10. The van der Waals surface area contributed by atoms with Crippen LogP contribution in [0, 0.1) is 10.1 Å². The SMILES string of the molecule is CC(C)(C)OC(=O)CCc1noc(C(=O)C[N+](=O)[O-])c1Br. The first-order chi connectivity index (χ1) is 9.60. The predicted molar refractivity (Wildman–Crippen MR) is 74.6 cm³/mol. The maximum absolute atomic E-state index is 11.6. The van der Waals surface area contributed by atoms with Gasteiger partial charge in [-0.25, -0.2) is 0 Å². The van der Waals surface area contributed by atoms with Crippen LogP contribution < -0.4 is 0 Å². The Hall–Kier alpha value is -1.77. The summed E-state index contributed by atoms with van der Waals surface area (Å²) in [7, 11) is 0. The first-order valence-electron chi connectivity index (χ1n) is 6.11. The molecule has 0 N–H and O–H groups in total. The molecule has 0 amide bonds. The van der Waals surface area contributed by atoms with Crippen molar-refractivity contribution < 1.29 is 23.8 Å². The number of rotatable bonds is 6. The largest absolute Gasteiger partial charge is 0.460 e. The van der Waals surface area contributed by atoms with E-state index in [-0.39, 0.29) is 23.1 Å². The summed E-state index contributed by atoms with van der Waals surface area (Å²) < 4.78 is 10.2. The Bertz CT molecular complexity index is 561. The molecule has 1 rings (SSSR count). The Morgan fingerprint density at radius 1 is 1.43 bits per heavy atom. The molecule has 9 heteroatoms. The normalized spacial score (nSPS) is 11.2. The van der Waals surface area contributed by atoms with Crippen LogP contribution in [0.4, 0.5) is 0 Å². The highest BCUT2D eigenvalue weighted by Gasteiger charge is 2.25. The van der Waals surface area contributed by atoms with Gasteiger partial charge in [-0.1, -0.05) is 5.16 Å². The summed E-state index contributed by atoms with van der Waals surface area (Å²) in [5.41, 5.74) is -0.238. The van der Waals surface area contributed by atoms with E-state index in [0.717, 1.165) is 0 Å². The van der Waals surface area contributed by atoms with Crippen molar-refractivity contribution in [1.82, 2.24) is 5.16 Å². The van der Waals surface area contributed by atoms with Crippen LogP contribution in [0.5, 0.6) is 0 Å². The Kier molecular flexibility index (Phi) is 5.59. The number of nitro groups is 1. The van der Waals surface area contributed by atoms with E-state index in [1.54, 1.807) is 20.8 Å². The minimum atomic E-state index is -0.876. The van der Waals surface area contributed by atoms with Gasteiger partial charge in [0, 0.05) is 11.3 Å². The number of esters is 1. The highest BCUT2D eigenvalue weighted by Crippen LogP contribution is 2.23. The topological polar surface area (TPSA) is 113 Å². The van der Waals surface area contributed by atoms with Crippen molar-refractivity contribution in [3.05, 3.63) is 26.0 Å². The third kappa shape index (κ3) is 5.62. The maximum Gasteiger partial charge on any atom is 0.306 e. The lowest BCUT2D eigenvalue weighted by Crippen LogP contribution is -2.24. The van der Waals surface area contributed by atoms with Crippen molar-refractivity contribution in [2.24, 2.45) is 0 Å². The first kappa shape index (κ1) is 17.3. The molecular weight excluding hydrogens is 348 g/mol. The predicted octanol–water partition coefficient (Wildman–Crippen LogP) is 2.17. The Morgan fingerprint density at radius 2 is 2.05 bits per heavy atom. The van der Waals surface area contributed by atoms with Gasteiger partial charge < -0.3 is 9.26 Å². The van der Waals surface area contributed by atoms with E-state index < -0.39 is 28.8 Å². The van der Waals surface area contributed by atoms with Crippen LogP contribution in [-0.2, 0) is 16.0 Å². The molecule has 0 aliphatic carbocycles. The third-order valence-corrected chi connectivity index (χ3v) is 3.03. The quantitative estimate of drug-likeness (QED) is 0.329. The molecule has 0 aromatic carbocycles. The number of halogens is 1. The number of ketones is 1. The van der Waals surface area contributed by atoms with Gasteiger partial charge in [0.15, 0.2) is 0 Å². The fourth-order valence-electron chi connectivity index (χ4n) is 1.44. The van der Waals surface area contributed by atoms with E-state index in [2.05, 4.69) is 21.1 Å². The fourth-order valence-corrected chi connectivity index (χ4v) is 2.01. The molecule has 116 valence electrons. The zero-order valence-corrected chi connectivity index (χ0v) is 13.4. The van der Waals surface area contributed by atoms with Crippen molar-refractivity contribution in [3.8, 4) is 0 Å². The molecule has 0 saturated carbocycles. The molecular formula is C12H15BrN2O6. The Morgan fingerprint density at radius 3 is 2.57 bits per heavy atom. The summed E-state index contributed by atoms with van der Waals surface area (Å²) in [6, 6.07) is 0. The summed E-state index contributed by atoms with van der Waals surface area (Å²) in [6.07, 6.45) is 0.260. The molecule has 1 heterocycles. The van der Waals surface area contributed by atoms with E-state index >= 15 is 0 Å². The number of carbonyl (C=O) groups excluding carboxylic acids is 2. The molecule has 21 heavy (non-hydrogen) atoms. The lowest BCUT2D eigenvalue weighted by atomic mass is 10.2. The fraction of sp³-hybridized carbons (Fsp3) is 0.583. The lowest BCUT2D eigenvalue weighted by Gasteiger charge is -2.19. The molecule has 0 spiro atoms. The van der Waals surface area contributed by atoms with Crippen LogP contribution in [0.2, 0.25) is 0 Å². The van der Waals surface area contributed by atoms with E-state index in [1.165, 1.54) is 0 Å². The summed E-state index contributed by atoms with van der Waals surface area (Å²) in [6.45, 7) is 4.39. The van der Waals surface area contributed by atoms with E-state index in [0.29, 0.717) is 5.69 Å². The maximum atomic E-state index is 11.6. The molecule has 1 aromatic rings. The van der Waals surface area contributed by atoms with E-state index in [4.69, 9.17) is 9.26 Å². The van der Waals surface area contributed by atoms with Gasteiger partial charge in [0.05, 0.1) is 16.6 Å². The molecule has 0 saturated heterocycles. The molecule has 0 aliphatic heterocycles. The van der Waals surface area contributed by atoms with Crippen LogP contribution in [0.25, 0.3) is 0 Å². The van der Waals surface area contributed by atoms with Crippen molar-refractivity contribution in [2.45, 2.75) is 39.2 Å². The lowest BCUT2D eigenvalue weighted by molar-refractivity contribution is -0.465. The van der Waals surface area contributed by atoms with Gasteiger partial charge >= 0.3 is 5.97 Å². The highest BCUT2D eigenvalue weighted by molar-refractivity contribution is 9.10. The number of Topliss-reactive ketones (excluding diaryl/α,β-unsaturated/α-hetero) is 1. The highest BCUT2D eigenvalue weighted by atomic mass is 79.9. The average molecular weight is 363 g/mol. The number of carbonyl (C=O) groups is 2. The second-order valence-corrected chi connectivity index (χ2v) is 6.07. The number of nitrogens with zero attached hydrogens (tertiary/aromatic N) is 2. The molecule has 8 nitrogen and oxygen atoms in total. The van der Waals surface area contributed by atoms with Gasteiger partial charge in [-0.15, -0.1) is 0 Å². The second-order valence-electron chi connectivity index (χ2n) is 5.27. The van der Waals surface area contributed by atoms with Gasteiger partial charge in [-0.05, 0) is 36.7 Å². The average Bonchev–Trinajstić information content (AvgIpc) is 2.65. The Balaban J connectivity index is 2.66. The van der Waals surface area contributed by atoms with Gasteiger partial charge in [-0.3, -0.25) is 19.7 Å². The molecule has 0 radical (unpaired) electrons. The monoisotopic (exact) mass is 362 g/mol. The number of hydrogen-bond donors (Lipinski definition) is 0. The zero-order chi connectivity index (χ0) is 16.2. The number of ether oxygens (including phenoxy) is 1. The van der Waals surface area contributed by atoms with Crippen LogP contribution in [0.3, 0.4) is 0 Å². The van der Waals surface area contributed by atoms with Crippen molar-refractivity contribution in [3.63, 3.8) is 0 Å². The van der Waals surface area contributed by atoms with Crippen molar-refractivity contribution in [2.75, 3.05) is 6.54 Å². The van der Waals surface area contributed by atoms with Crippen molar-refractivity contribution >= 4 is 27.7 Å². The number of aryl methyl sites for hydroxylation is 1. The summed E-state index contributed by atoms with van der Waals surface area (Å²) in [4.78, 5) is 32.6. The van der Waals surface area contributed by atoms with Gasteiger partial charge in [0.25, 0.3) is 12.3 Å². The number of aromatic nitrogens is 1. The molecule has 1 aromatic heterocycles. The molecule has 0 atom stereocenters. The van der Waals surface area contributed by atoms with Crippen molar-refractivity contribution in [1.29, 1.82) is 0 Å². The summed E-state index contributed by atoms with van der Waals surface area (Å²) in [5, 5.41) is 13.9. The van der Waals surface area contributed by atoms with Crippen LogP contribution in [0.1, 0.15) is 43.4 Å². The van der Waals surface area contributed by atoms with Crippen LogP contribution in [-0.4, -0.2) is 34.0 Å². The van der Waals surface area contributed by atoms with Crippen LogP contribution in [0.15, 0.2) is 9.00 Å². The zero-order valence-electron chi connectivity index (χ0n) is 11.8. The number of hydrogen-bond acceptors (Lipinski definition) is 7. The second kappa shape index (κ2) is 6.79. The molecule has 0 unspecified atom stereocenters.